The Labute approximate surface area is 143 Å². The van der Waals surface area contributed by atoms with Crippen molar-refractivity contribution in [2.24, 2.45) is 5.92 Å². The van der Waals surface area contributed by atoms with Crippen LogP contribution in [0.4, 0.5) is 0 Å². The van der Waals surface area contributed by atoms with Gasteiger partial charge in [-0.1, -0.05) is 36.4 Å². The minimum Gasteiger partial charge on any atom is -0.481 e. The summed E-state index contributed by atoms with van der Waals surface area (Å²) in [5.74, 6) is 0.788. The number of piperidine rings is 1. The van der Waals surface area contributed by atoms with Crippen molar-refractivity contribution in [1.29, 1.82) is 0 Å². The largest absolute Gasteiger partial charge is 0.481 e. The number of carbonyl (C=O) groups is 1. The summed E-state index contributed by atoms with van der Waals surface area (Å²) in [7, 11) is 0. The smallest absolute Gasteiger partial charge is 0.344 e. The third-order valence-electron chi connectivity index (χ3n) is 4.79. The van der Waals surface area contributed by atoms with Crippen molar-refractivity contribution in [1.82, 2.24) is 5.32 Å². The van der Waals surface area contributed by atoms with Crippen LogP contribution in [0.5, 0.6) is 5.75 Å². The zero-order valence-electron chi connectivity index (χ0n) is 14.4. The van der Waals surface area contributed by atoms with Gasteiger partial charge in [-0.15, -0.1) is 0 Å². The van der Waals surface area contributed by atoms with Crippen LogP contribution >= 0.6 is 0 Å². The van der Waals surface area contributed by atoms with Gasteiger partial charge in [0.25, 0.3) is 0 Å². The van der Waals surface area contributed by atoms with Gasteiger partial charge in [0.1, 0.15) is 11.4 Å². The Hall–Kier alpha value is -2.07. The first-order valence-electron chi connectivity index (χ1n) is 8.59. The molecule has 4 heteroatoms. The van der Waals surface area contributed by atoms with Gasteiger partial charge in [-0.2, -0.15) is 0 Å². The van der Waals surface area contributed by atoms with Gasteiger partial charge < -0.3 is 14.8 Å². The first-order chi connectivity index (χ1) is 11.6. The fraction of sp³-hybridized carbons (Fsp3) is 0.450. The summed E-state index contributed by atoms with van der Waals surface area (Å²) >= 11 is 0. The molecular weight excluding hydrogens is 302 g/mol. The van der Waals surface area contributed by atoms with Gasteiger partial charge in [-0.25, -0.2) is 4.79 Å². The molecule has 2 aromatic carbocycles. The van der Waals surface area contributed by atoms with Crippen LogP contribution in [0.15, 0.2) is 42.5 Å². The molecule has 2 aromatic rings. The number of ether oxygens (including phenoxy) is 2. The fourth-order valence-electron chi connectivity index (χ4n) is 3.38. The van der Waals surface area contributed by atoms with E-state index in [0.29, 0.717) is 11.7 Å². The van der Waals surface area contributed by atoms with Crippen molar-refractivity contribution in [3.8, 4) is 5.75 Å². The molecule has 0 unspecified atom stereocenters. The molecule has 1 aliphatic rings. The Morgan fingerprint density at radius 3 is 2.62 bits per heavy atom. The molecule has 24 heavy (non-hydrogen) atoms. The number of fused-ring (bicyclic) bond motifs is 1. The van der Waals surface area contributed by atoms with Crippen LogP contribution < -0.4 is 10.1 Å². The quantitative estimate of drug-likeness (QED) is 0.853. The molecule has 0 spiro atoms. The highest BCUT2D eigenvalue weighted by Gasteiger charge is 2.34. The van der Waals surface area contributed by atoms with Crippen LogP contribution in [0.25, 0.3) is 10.8 Å². The molecule has 0 bridgehead atoms. The maximum atomic E-state index is 12.2. The molecule has 1 fully saturated rings. The van der Waals surface area contributed by atoms with Crippen molar-refractivity contribution in [3.05, 3.63) is 42.5 Å². The van der Waals surface area contributed by atoms with Gasteiger partial charge in [-0.05, 0) is 51.2 Å². The molecule has 3 rings (SSSR count). The summed E-state index contributed by atoms with van der Waals surface area (Å²) in [4.78, 5) is 12.2. The van der Waals surface area contributed by atoms with E-state index in [1.54, 1.807) is 0 Å². The lowest BCUT2D eigenvalue weighted by molar-refractivity contribution is -0.165. The van der Waals surface area contributed by atoms with Crippen molar-refractivity contribution in [3.63, 3.8) is 0 Å². The second-order valence-corrected chi connectivity index (χ2v) is 6.87. The third-order valence-corrected chi connectivity index (χ3v) is 4.79. The average Bonchev–Trinajstić information content (AvgIpc) is 2.60. The van der Waals surface area contributed by atoms with Crippen LogP contribution in [0.3, 0.4) is 0 Å². The summed E-state index contributed by atoms with van der Waals surface area (Å²) in [6.45, 7) is 5.90. The van der Waals surface area contributed by atoms with Gasteiger partial charge in [0.2, 0.25) is 0 Å². The lowest BCUT2D eigenvalue weighted by Crippen LogP contribution is -2.43. The molecule has 1 saturated heterocycles. The summed E-state index contributed by atoms with van der Waals surface area (Å²) in [6, 6.07) is 13.8. The molecule has 1 N–H and O–H groups in total. The minimum atomic E-state index is -0.457. The molecule has 1 heterocycles. The average molecular weight is 327 g/mol. The van der Waals surface area contributed by atoms with E-state index in [0.717, 1.165) is 36.7 Å². The van der Waals surface area contributed by atoms with E-state index in [-0.39, 0.29) is 12.6 Å². The van der Waals surface area contributed by atoms with Gasteiger partial charge in [0.05, 0.1) is 0 Å². The number of rotatable bonds is 5. The predicted molar refractivity (Wildman–Crippen MR) is 95.2 cm³/mol. The maximum Gasteiger partial charge on any atom is 0.344 e. The summed E-state index contributed by atoms with van der Waals surface area (Å²) in [6.07, 6.45) is 2.06. The Bertz CT molecular complexity index is 700. The van der Waals surface area contributed by atoms with E-state index in [1.165, 1.54) is 0 Å². The molecule has 0 aromatic heterocycles. The minimum absolute atomic E-state index is 0.0671. The highest BCUT2D eigenvalue weighted by molar-refractivity contribution is 5.88. The predicted octanol–water partition coefficient (Wildman–Crippen LogP) is 3.54. The molecule has 128 valence electrons. The number of hydrogen-bond acceptors (Lipinski definition) is 4. The number of hydrogen-bond donors (Lipinski definition) is 1. The zero-order valence-corrected chi connectivity index (χ0v) is 14.4. The van der Waals surface area contributed by atoms with E-state index in [1.807, 2.05) is 56.3 Å². The molecule has 0 amide bonds. The Kier molecular flexibility index (Phi) is 5.05. The summed E-state index contributed by atoms with van der Waals surface area (Å²) in [5.41, 5.74) is -0.457. The van der Waals surface area contributed by atoms with Crippen LogP contribution in [-0.4, -0.2) is 31.3 Å². The number of esters is 1. The second kappa shape index (κ2) is 7.22. The number of carbonyl (C=O) groups excluding carboxylic acids is 1. The number of benzene rings is 2. The van der Waals surface area contributed by atoms with Crippen molar-refractivity contribution in [2.75, 3.05) is 19.7 Å². The standard InChI is InChI=1S/C20H25NO3/c1-20(2,16-10-12-21-13-11-16)24-19(22)14-23-18-9-5-7-15-6-3-4-8-17(15)18/h3-9,16,21H,10-14H2,1-2H3. The van der Waals surface area contributed by atoms with Crippen LogP contribution in [-0.2, 0) is 9.53 Å². The van der Waals surface area contributed by atoms with E-state index >= 15 is 0 Å². The van der Waals surface area contributed by atoms with Crippen LogP contribution in [0.2, 0.25) is 0 Å². The topological polar surface area (TPSA) is 47.6 Å². The second-order valence-electron chi connectivity index (χ2n) is 6.87. The van der Waals surface area contributed by atoms with E-state index < -0.39 is 5.60 Å². The van der Waals surface area contributed by atoms with Gasteiger partial charge in [0.15, 0.2) is 6.61 Å². The molecule has 0 aliphatic carbocycles. The van der Waals surface area contributed by atoms with Crippen LogP contribution in [0, 0.1) is 5.92 Å². The first-order valence-corrected chi connectivity index (χ1v) is 8.59. The summed E-state index contributed by atoms with van der Waals surface area (Å²) < 4.78 is 11.4. The normalized spacial score (nSPS) is 16.1. The van der Waals surface area contributed by atoms with Crippen LogP contribution in [0.1, 0.15) is 26.7 Å². The Morgan fingerprint density at radius 1 is 1.12 bits per heavy atom. The first kappa shape index (κ1) is 16.8. The monoisotopic (exact) mass is 327 g/mol. The van der Waals surface area contributed by atoms with Crippen molar-refractivity contribution in [2.45, 2.75) is 32.3 Å². The highest BCUT2D eigenvalue weighted by atomic mass is 16.6. The lowest BCUT2D eigenvalue weighted by Gasteiger charge is -2.36. The Balaban J connectivity index is 1.60. The van der Waals surface area contributed by atoms with E-state index in [4.69, 9.17) is 9.47 Å². The van der Waals surface area contributed by atoms with Gasteiger partial charge >= 0.3 is 5.97 Å². The van der Waals surface area contributed by atoms with Crippen molar-refractivity contribution < 1.29 is 14.3 Å². The SMILES string of the molecule is CC(C)(OC(=O)COc1cccc2ccccc12)C1CCNCC1. The maximum absolute atomic E-state index is 12.2. The molecule has 1 aliphatic heterocycles. The molecule has 0 saturated carbocycles. The Morgan fingerprint density at radius 2 is 1.83 bits per heavy atom. The number of nitrogens with one attached hydrogen (secondary N) is 1. The molecular formula is C20H25NO3. The lowest BCUT2D eigenvalue weighted by atomic mass is 9.83. The molecule has 0 radical (unpaired) electrons. The third kappa shape index (κ3) is 3.88. The van der Waals surface area contributed by atoms with Gasteiger partial charge in [0, 0.05) is 11.3 Å². The van der Waals surface area contributed by atoms with E-state index in [9.17, 15) is 4.79 Å². The molecule has 4 nitrogen and oxygen atoms in total. The highest BCUT2D eigenvalue weighted by Crippen LogP contribution is 2.29. The van der Waals surface area contributed by atoms with Crippen molar-refractivity contribution >= 4 is 16.7 Å². The fourth-order valence-corrected chi connectivity index (χ4v) is 3.38. The summed E-state index contributed by atoms with van der Waals surface area (Å²) in [5, 5.41) is 5.44. The molecule has 0 atom stereocenters. The van der Waals surface area contributed by atoms with Gasteiger partial charge in [-0.3, -0.25) is 0 Å². The zero-order chi connectivity index (χ0) is 17.0. The van der Waals surface area contributed by atoms with E-state index in [2.05, 4.69) is 5.32 Å².